The average Bonchev–Trinajstić information content (AvgIpc) is 2.99. The zero-order valence-corrected chi connectivity index (χ0v) is 10.3. The fraction of sp³-hybridized carbons (Fsp3) is 0.636. The Hall–Kier alpha value is -0.940. The molecular formula is C11H17N3OS. The summed E-state index contributed by atoms with van der Waals surface area (Å²) in [5.74, 6) is 1.64. The molecule has 0 bridgehead atoms. The van der Waals surface area contributed by atoms with Crippen LogP contribution in [-0.2, 0) is 4.74 Å². The fourth-order valence-electron chi connectivity index (χ4n) is 1.29. The molecule has 0 spiro atoms. The quantitative estimate of drug-likeness (QED) is 0.586. The maximum absolute atomic E-state index is 5.38. The zero-order valence-electron chi connectivity index (χ0n) is 9.53. The molecule has 0 saturated heterocycles. The lowest BCUT2D eigenvalue weighted by atomic mass is 10.4. The topological polar surface area (TPSA) is 47.0 Å². The van der Waals surface area contributed by atoms with Gasteiger partial charge in [0.1, 0.15) is 5.82 Å². The van der Waals surface area contributed by atoms with Crippen LogP contribution in [0.5, 0.6) is 0 Å². The van der Waals surface area contributed by atoms with Gasteiger partial charge in [-0.2, -0.15) is 4.37 Å². The molecule has 1 aromatic rings. The van der Waals surface area contributed by atoms with Crippen molar-refractivity contribution in [2.45, 2.75) is 25.7 Å². The van der Waals surface area contributed by atoms with Crippen molar-refractivity contribution in [1.82, 2.24) is 9.36 Å². The van der Waals surface area contributed by atoms with Crippen molar-refractivity contribution < 1.29 is 4.74 Å². The molecular weight excluding hydrogens is 222 g/mol. The summed E-state index contributed by atoms with van der Waals surface area (Å²) in [4.78, 5) is 4.43. The van der Waals surface area contributed by atoms with Gasteiger partial charge in [0, 0.05) is 24.0 Å². The van der Waals surface area contributed by atoms with Gasteiger partial charge < -0.3 is 10.1 Å². The molecule has 0 aliphatic heterocycles. The van der Waals surface area contributed by atoms with Gasteiger partial charge in [0.25, 0.3) is 0 Å². The predicted octanol–water partition coefficient (Wildman–Crippen LogP) is 2.42. The van der Waals surface area contributed by atoms with E-state index in [0.29, 0.717) is 19.1 Å². The minimum absolute atomic E-state index is 0.630. The lowest BCUT2D eigenvalue weighted by Gasteiger charge is -2.03. The highest BCUT2D eigenvalue weighted by molar-refractivity contribution is 7.09. The number of nitrogens with one attached hydrogen (secondary N) is 1. The molecule has 1 N–H and O–H groups in total. The normalized spacial score (nSPS) is 15.1. The van der Waals surface area contributed by atoms with Crippen LogP contribution in [0.4, 0.5) is 5.13 Å². The third-order valence-electron chi connectivity index (χ3n) is 2.26. The number of ether oxygens (including phenoxy) is 1. The van der Waals surface area contributed by atoms with Crippen molar-refractivity contribution in [1.29, 1.82) is 0 Å². The van der Waals surface area contributed by atoms with E-state index in [-0.39, 0.29) is 0 Å². The second-order valence-electron chi connectivity index (χ2n) is 4.17. The minimum atomic E-state index is 0.630. The van der Waals surface area contributed by atoms with Crippen molar-refractivity contribution in [2.24, 2.45) is 0 Å². The van der Waals surface area contributed by atoms with Gasteiger partial charge in [-0.1, -0.05) is 12.2 Å². The summed E-state index contributed by atoms with van der Waals surface area (Å²) < 4.78 is 9.70. The molecule has 1 heterocycles. The molecule has 0 aromatic carbocycles. The van der Waals surface area contributed by atoms with E-state index < -0.39 is 0 Å². The minimum Gasteiger partial charge on any atom is -0.375 e. The Labute approximate surface area is 99.9 Å². The van der Waals surface area contributed by atoms with Crippen LogP contribution < -0.4 is 5.32 Å². The van der Waals surface area contributed by atoms with E-state index in [0.717, 1.165) is 23.1 Å². The Morgan fingerprint density at radius 1 is 1.62 bits per heavy atom. The number of anilines is 1. The Kier molecular flexibility index (Phi) is 3.90. The second kappa shape index (κ2) is 5.41. The lowest BCUT2D eigenvalue weighted by Crippen LogP contribution is -2.10. The monoisotopic (exact) mass is 239 g/mol. The van der Waals surface area contributed by atoms with Crippen molar-refractivity contribution in [3.8, 4) is 0 Å². The van der Waals surface area contributed by atoms with Crippen LogP contribution in [0.3, 0.4) is 0 Å². The Morgan fingerprint density at radius 3 is 3.12 bits per heavy atom. The number of aromatic nitrogens is 2. The summed E-state index contributed by atoms with van der Waals surface area (Å²) in [7, 11) is 0. The SMILES string of the molecule is C=C(C)COCCNc1nc(C2CC2)ns1. The number of hydrogen-bond donors (Lipinski definition) is 1. The second-order valence-corrected chi connectivity index (χ2v) is 4.92. The van der Waals surface area contributed by atoms with Gasteiger partial charge in [-0.25, -0.2) is 4.98 Å². The molecule has 0 atom stereocenters. The molecule has 1 saturated carbocycles. The van der Waals surface area contributed by atoms with Crippen LogP contribution in [0.1, 0.15) is 31.5 Å². The fourth-order valence-corrected chi connectivity index (χ4v) is 1.96. The summed E-state index contributed by atoms with van der Waals surface area (Å²) in [6.07, 6.45) is 2.50. The molecule has 1 aliphatic carbocycles. The summed E-state index contributed by atoms with van der Waals surface area (Å²) in [5.41, 5.74) is 1.05. The standard InChI is InChI=1S/C11H17N3OS/c1-8(2)7-15-6-5-12-11-13-10(14-16-11)9-3-4-9/h9H,1,3-7H2,2H3,(H,12,13,14). The van der Waals surface area contributed by atoms with E-state index in [1.807, 2.05) is 6.92 Å². The smallest absolute Gasteiger partial charge is 0.202 e. The highest BCUT2D eigenvalue weighted by Gasteiger charge is 2.27. The molecule has 16 heavy (non-hydrogen) atoms. The van der Waals surface area contributed by atoms with E-state index in [1.54, 1.807) is 0 Å². The van der Waals surface area contributed by atoms with E-state index in [2.05, 4.69) is 21.3 Å². The van der Waals surface area contributed by atoms with Gasteiger partial charge >= 0.3 is 0 Å². The molecule has 0 amide bonds. The Morgan fingerprint density at radius 2 is 2.44 bits per heavy atom. The van der Waals surface area contributed by atoms with E-state index >= 15 is 0 Å². The Balaban J connectivity index is 1.63. The first-order chi connectivity index (χ1) is 7.75. The van der Waals surface area contributed by atoms with Crippen molar-refractivity contribution in [2.75, 3.05) is 25.1 Å². The van der Waals surface area contributed by atoms with E-state index in [9.17, 15) is 0 Å². The maximum atomic E-state index is 5.38. The molecule has 1 aliphatic rings. The molecule has 1 fully saturated rings. The van der Waals surface area contributed by atoms with E-state index in [4.69, 9.17) is 4.74 Å². The van der Waals surface area contributed by atoms with Crippen molar-refractivity contribution in [3.63, 3.8) is 0 Å². The van der Waals surface area contributed by atoms with Crippen LogP contribution >= 0.6 is 11.5 Å². The van der Waals surface area contributed by atoms with Crippen LogP contribution in [0.2, 0.25) is 0 Å². The Bertz CT molecular complexity index is 360. The van der Waals surface area contributed by atoms with Gasteiger partial charge in [0.2, 0.25) is 5.13 Å². The van der Waals surface area contributed by atoms with Gasteiger partial charge in [-0.15, -0.1) is 0 Å². The third-order valence-corrected chi connectivity index (χ3v) is 2.94. The lowest BCUT2D eigenvalue weighted by molar-refractivity contribution is 0.167. The van der Waals surface area contributed by atoms with Crippen LogP contribution in [0, 0.1) is 0 Å². The number of hydrogen-bond acceptors (Lipinski definition) is 5. The highest BCUT2D eigenvalue weighted by Crippen LogP contribution is 2.39. The molecule has 0 radical (unpaired) electrons. The van der Waals surface area contributed by atoms with Gasteiger partial charge in [0.15, 0.2) is 0 Å². The van der Waals surface area contributed by atoms with Gasteiger partial charge in [-0.05, 0) is 19.8 Å². The molecule has 1 aromatic heterocycles. The average molecular weight is 239 g/mol. The molecule has 2 rings (SSSR count). The zero-order chi connectivity index (χ0) is 11.4. The summed E-state index contributed by atoms with van der Waals surface area (Å²) >= 11 is 1.44. The molecule has 5 heteroatoms. The highest BCUT2D eigenvalue weighted by atomic mass is 32.1. The van der Waals surface area contributed by atoms with Crippen molar-refractivity contribution in [3.05, 3.63) is 18.0 Å². The largest absolute Gasteiger partial charge is 0.375 e. The summed E-state index contributed by atoms with van der Waals surface area (Å²) in [5, 5.41) is 4.12. The first-order valence-corrected chi connectivity index (χ1v) is 6.32. The summed E-state index contributed by atoms with van der Waals surface area (Å²) in [6.45, 7) is 7.81. The van der Waals surface area contributed by atoms with Crippen molar-refractivity contribution >= 4 is 16.7 Å². The van der Waals surface area contributed by atoms with Gasteiger partial charge in [0.05, 0.1) is 13.2 Å². The number of rotatable bonds is 7. The molecule has 0 unspecified atom stereocenters. The maximum Gasteiger partial charge on any atom is 0.202 e. The van der Waals surface area contributed by atoms with Crippen LogP contribution in [0.15, 0.2) is 12.2 Å². The van der Waals surface area contributed by atoms with Gasteiger partial charge in [-0.3, -0.25) is 0 Å². The summed E-state index contributed by atoms with van der Waals surface area (Å²) in [6, 6.07) is 0. The van der Waals surface area contributed by atoms with E-state index in [1.165, 1.54) is 24.4 Å². The number of nitrogens with zero attached hydrogens (tertiary/aromatic N) is 2. The first-order valence-electron chi connectivity index (χ1n) is 5.55. The third kappa shape index (κ3) is 3.57. The molecule has 4 nitrogen and oxygen atoms in total. The first kappa shape index (κ1) is 11.5. The molecule has 88 valence electrons. The van der Waals surface area contributed by atoms with Crippen LogP contribution in [0.25, 0.3) is 0 Å². The van der Waals surface area contributed by atoms with Crippen LogP contribution in [-0.4, -0.2) is 29.1 Å². The predicted molar refractivity (Wildman–Crippen MR) is 66.0 cm³/mol.